The molecule has 0 bridgehead atoms. The second kappa shape index (κ2) is 7.42. The number of hydrogen-bond acceptors (Lipinski definition) is 5. The van der Waals surface area contributed by atoms with E-state index in [-0.39, 0.29) is 11.9 Å². The van der Waals surface area contributed by atoms with Gasteiger partial charge in [-0.2, -0.15) is 5.26 Å². The zero-order valence-corrected chi connectivity index (χ0v) is 13.2. The number of amides is 1. The van der Waals surface area contributed by atoms with Crippen LogP contribution in [0.4, 0.5) is 0 Å². The lowest BCUT2D eigenvalue weighted by molar-refractivity contribution is -0.128. The molecule has 3 rings (SSSR count). The third-order valence-electron chi connectivity index (χ3n) is 4.68. The van der Waals surface area contributed by atoms with Gasteiger partial charge in [-0.05, 0) is 50.8 Å². The number of nitrogens with one attached hydrogen (secondary N) is 1. The number of nitriles is 1. The van der Waals surface area contributed by atoms with Crippen molar-refractivity contribution in [2.45, 2.75) is 31.7 Å². The molecule has 6 nitrogen and oxygen atoms in total. The summed E-state index contributed by atoms with van der Waals surface area (Å²) in [4.78, 5) is 18.4. The van der Waals surface area contributed by atoms with Crippen LogP contribution in [0.1, 0.15) is 31.2 Å². The van der Waals surface area contributed by atoms with Gasteiger partial charge in [-0.15, -0.1) is 0 Å². The number of rotatable bonds is 4. The SMILES string of the molecule is N#Cc1ccnc(OCC2CCN(C3CCCNC3=O)CC2)c1. The van der Waals surface area contributed by atoms with Gasteiger partial charge in [-0.1, -0.05) is 0 Å². The first-order valence-electron chi connectivity index (χ1n) is 8.27. The van der Waals surface area contributed by atoms with Gasteiger partial charge in [0.15, 0.2) is 0 Å². The van der Waals surface area contributed by atoms with Crippen molar-refractivity contribution in [1.29, 1.82) is 5.26 Å². The van der Waals surface area contributed by atoms with Crippen molar-refractivity contribution in [2.24, 2.45) is 5.92 Å². The number of hydrogen-bond donors (Lipinski definition) is 1. The molecule has 2 aliphatic heterocycles. The lowest BCUT2D eigenvalue weighted by Crippen LogP contribution is -2.52. The fraction of sp³-hybridized carbons (Fsp3) is 0.588. The number of likely N-dealkylation sites (tertiary alicyclic amines) is 1. The van der Waals surface area contributed by atoms with Gasteiger partial charge < -0.3 is 10.1 Å². The molecule has 0 aliphatic carbocycles. The molecule has 1 unspecified atom stereocenters. The van der Waals surface area contributed by atoms with E-state index in [0.29, 0.717) is 24.0 Å². The van der Waals surface area contributed by atoms with Gasteiger partial charge in [0.1, 0.15) is 0 Å². The standard InChI is InChI=1S/C17H22N4O2/c18-11-14-3-7-19-16(10-14)23-12-13-4-8-21(9-5-13)15-2-1-6-20-17(15)22/h3,7,10,13,15H,1-2,4-6,8-9,12H2,(H,20,22). The molecule has 0 saturated carbocycles. The van der Waals surface area contributed by atoms with Crippen molar-refractivity contribution in [1.82, 2.24) is 15.2 Å². The van der Waals surface area contributed by atoms with Gasteiger partial charge in [0.2, 0.25) is 11.8 Å². The number of nitrogens with zero attached hydrogens (tertiary/aromatic N) is 3. The fourth-order valence-electron chi connectivity index (χ4n) is 3.30. The van der Waals surface area contributed by atoms with Crippen molar-refractivity contribution in [2.75, 3.05) is 26.2 Å². The molecule has 3 heterocycles. The van der Waals surface area contributed by atoms with Gasteiger partial charge in [-0.3, -0.25) is 9.69 Å². The van der Waals surface area contributed by atoms with Crippen LogP contribution in [0.3, 0.4) is 0 Å². The molecule has 2 saturated heterocycles. The van der Waals surface area contributed by atoms with Crippen molar-refractivity contribution in [3.05, 3.63) is 23.9 Å². The Morgan fingerprint density at radius 2 is 2.22 bits per heavy atom. The summed E-state index contributed by atoms with van der Waals surface area (Å²) in [5, 5.41) is 11.8. The minimum absolute atomic E-state index is 0.0552. The molecule has 1 amide bonds. The molecule has 122 valence electrons. The van der Waals surface area contributed by atoms with Crippen LogP contribution in [0.2, 0.25) is 0 Å². The molecule has 2 fully saturated rings. The molecule has 1 aromatic rings. The predicted octanol–water partition coefficient (Wildman–Crippen LogP) is 1.32. The van der Waals surface area contributed by atoms with E-state index in [1.807, 2.05) is 0 Å². The highest BCUT2D eigenvalue weighted by atomic mass is 16.5. The molecule has 6 heteroatoms. The van der Waals surface area contributed by atoms with E-state index < -0.39 is 0 Å². The highest BCUT2D eigenvalue weighted by molar-refractivity contribution is 5.82. The van der Waals surface area contributed by atoms with E-state index in [0.717, 1.165) is 45.3 Å². The van der Waals surface area contributed by atoms with Gasteiger partial charge in [-0.25, -0.2) is 4.98 Å². The summed E-state index contributed by atoms with van der Waals surface area (Å²) in [5.74, 6) is 1.17. The Morgan fingerprint density at radius 3 is 2.96 bits per heavy atom. The maximum atomic E-state index is 11.9. The first-order valence-corrected chi connectivity index (χ1v) is 8.27. The van der Waals surface area contributed by atoms with E-state index in [1.165, 1.54) is 0 Å². The maximum Gasteiger partial charge on any atom is 0.237 e. The normalized spacial score (nSPS) is 23.1. The predicted molar refractivity (Wildman–Crippen MR) is 84.8 cm³/mol. The van der Waals surface area contributed by atoms with Crippen LogP contribution in [0.25, 0.3) is 0 Å². The van der Waals surface area contributed by atoms with Gasteiger partial charge >= 0.3 is 0 Å². The third kappa shape index (κ3) is 3.99. The first kappa shape index (κ1) is 15.8. The molecule has 23 heavy (non-hydrogen) atoms. The second-order valence-corrected chi connectivity index (χ2v) is 6.23. The summed E-state index contributed by atoms with van der Waals surface area (Å²) >= 11 is 0. The largest absolute Gasteiger partial charge is 0.477 e. The third-order valence-corrected chi connectivity index (χ3v) is 4.68. The first-order chi connectivity index (χ1) is 11.3. The Kier molecular flexibility index (Phi) is 5.09. The molecule has 1 atom stereocenters. The van der Waals surface area contributed by atoms with E-state index in [2.05, 4.69) is 21.3 Å². The number of piperidine rings is 2. The number of aromatic nitrogens is 1. The summed E-state index contributed by atoms with van der Waals surface area (Å²) in [6.07, 6.45) is 5.69. The average molecular weight is 314 g/mol. The van der Waals surface area contributed by atoms with Crippen LogP contribution in [0.5, 0.6) is 5.88 Å². The van der Waals surface area contributed by atoms with E-state index in [1.54, 1.807) is 18.3 Å². The number of pyridine rings is 1. The molecule has 0 aromatic carbocycles. The monoisotopic (exact) mass is 314 g/mol. The zero-order valence-electron chi connectivity index (χ0n) is 13.2. The van der Waals surface area contributed by atoms with Gasteiger partial charge in [0.05, 0.1) is 24.3 Å². The van der Waals surface area contributed by atoms with Gasteiger partial charge in [0, 0.05) is 18.8 Å². The molecule has 1 N–H and O–H groups in total. The number of carbonyl (C=O) groups is 1. The Hall–Kier alpha value is -2.13. The molecule has 2 aliphatic rings. The Morgan fingerprint density at radius 1 is 1.39 bits per heavy atom. The van der Waals surface area contributed by atoms with Crippen LogP contribution in [0.15, 0.2) is 18.3 Å². The zero-order chi connectivity index (χ0) is 16.1. The fourth-order valence-corrected chi connectivity index (χ4v) is 3.30. The highest BCUT2D eigenvalue weighted by Crippen LogP contribution is 2.23. The average Bonchev–Trinajstić information content (AvgIpc) is 2.61. The minimum atomic E-state index is 0.0552. The van der Waals surface area contributed by atoms with Crippen molar-refractivity contribution < 1.29 is 9.53 Å². The van der Waals surface area contributed by atoms with Gasteiger partial charge in [0.25, 0.3) is 0 Å². The smallest absolute Gasteiger partial charge is 0.237 e. The Labute approximate surface area is 136 Å². The van der Waals surface area contributed by atoms with E-state index in [9.17, 15) is 4.79 Å². The quantitative estimate of drug-likeness (QED) is 0.907. The van der Waals surface area contributed by atoms with Crippen molar-refractivity contribution in [3.63, 3.8) is 0 Å². The molecule has 1 aromatic heterocycles. The lowest BCUT2D eigenvalue weighted by atomic mass is 9.94. The van der Waals surface area contributed by atoms with Crippen molar-refractivity contribution >= 4 is 5.91 Å². The molecule has 0 spiro atoms. The van der Waals surface area contributed by atoms with Crippen LogP contribution in [-0.2, 0) is 4.79 Å². The van der Waals surface area contributed by atoms with Crippen molar-refractivity contribution in [3.8, 4) is 11.9 Å². The molecular weight excluding hydrogens is 292 g/mol. The van der Waals surface area contributed by atoms with E-state index >= 15 is 0 Å². The second-order valence-electron chi connectivity index (χ2n) is 6.23. The minimum Gasteiger partial charge on any atom is -0.477 e. The molecular formula is C17H22N4O2. The van der Waals surface area contributed by atoms with E-state index in [4.69, 9.17) is 10.00 Å². The van der Waals surface area contributed by atoms with Crippen LogP contribution in [0, 0.1) is 17.2 Å². The van der Waals surface area contributed by atoms with Crippen LogP contribution < -0.4 is 10.1 Å². The summed E-state index contributed by atoms with van der Waals surface area (Å²) in [7, 11) is 0. The summed E-state index contributed by atoms with van der Waals surface area (Å²) in [6, 6.07) is 5.48. The maximum absolute atomic E-state index is 11.9. The Balaban J connectivity index is 1.45. The summed E-state index contributed by atoms with van der Waals surface area (Å²) in [5.41, 5.74) is 0.563. The topological polar surface area (TPSA) is 78.2 Å². The summed E-state index contributed by atoms with van der Waals surface area (Å²) < 4.78 is 5.73. The van der Waals surface area contributed by atoms with Crippen LogP contribution in [-0.4, -0.2) is 48.1 Å². The van der Waals surface area contributed by atoms with Crippen LogP contribution >= 0.6 is 0 Å². The highest BCUT2D eigenvalue weighted by Gasteiger charge is 2.31. The number of ether oxygens (including phenoxy) is 1. The lowest BCUT2D eigenvalue weighted by Gasteiger charge is -2.38. The number of carbonyl (C=O) groups excluding carboxylic acids is 1. The summed E-state index contributed by atoms with van der Waals surface area (Å²) in [6.45, 7) is 3.32. The molecule has 0 radical (unpaired) electrons. The Bertz CT molecular complexity index is 591.